The third-order valence-corrected chi connectivity index (χ3v) is 2.49. The van der Waals surface area contributed by atoms with E-state index in [1.807, 2.05) is 18.2 Å². The fourth-order valence-electron chi connectivity index (χ4n) is 1.40. The highest BCUT2D eigenvalue weighted by atomic mass is 35.5. The number of hydrogen-bond donors (Lipinski definition) is 1. The van der Waals surface area contributed by atoms with E-state index < -0.39 is 0 Å². The zero-order valence-corrected chi connectivity index (χ0v) is 7.96. The van der Waals surface area contributed by atoms with Crippen LogP contribution >= 0.6 is 11.6 Å². The van der Waals surface area contributed by atoms with E-state index in [1.54, 1.807) is 0 Å². The van der Waals surface area contributed by atoms with E-state index >= 15 is 0 Å². The highest BCUT2D eigenvalue weighted by Gasteiger charge is 2.08. The summed E-state index contributed by atoms with van der Waals surface area (Å²) >= 11 is 5.92. The smallest absolute Gasteiger partial charge is 0.0656 e. The van der Waals surface area contributed by atoms with Gasteiger partial charge in [0, 0.05) is 18.8 Å². The van der Waals surface area contributed by atoms with Crippen LogP contribution in [0.4, 0.5) is 11.4 Å². The lowest BCUT2D eigenvalue weighted by Crippen LogP contribution is -2.18. The zero-order valence-electron chi connectivity index (χ0n) is 7.20. The van der Waals surface area contributed by atoms with Crippen LogP contribution in [-0.4, -0.2) is 13.1 Å². The highest BCUT2D eigenvalue weighted by molar-refractivity contribution is 6.33. The Morgan fingerprint density at radius 2 is 1.92 bits per heavy atom. The lowest BCUT2D eigenvalue weighted by atomic mass is 10.2. The SMILES string of the molecule is Nc1ccc(N2CC=CC2)cc1Cl. The number of nitrogen functional groups attached to an aromatic ring is 1. The van der Waals surface area contributed by atoms with Crippen LogP contribution in [0.15, 0.2) is 30.4 Å². The first-order chi connectivity index (χ1) is 6.27. The van der Waals surface area contributed by atoms with Crippen LogP contribution in [0, 0.1) is 0 Å². The number of halogens is 1. The minimum atomic E-state index is 0.629. The van der Waals surface area contributed by atoms with Crippen LogP contribution in [0.1, 0.15) is 0 Å². The van der Waals surface area contributed by atoms with Gasteiger partial charge >= 0.3 is 0 Å². The lowest BCUT2D eigenvalue weighted by molar-refractivity contribution is 1.01. The van der Waals surface area contributed by atoms with Crippen molar-refractivity contribution in [1.29, 1.82) is 0 Å². The average Bonchev–Trinajstić information content (AvgIpc) is 2.62. The van der Waals surface area contributed by atoms with E-state index in [1.165, 1.54) is 0 Å². The van der Waals surface area contributed by atoms with Gasteiger partial charge in [-0.2, -0.15) is 0 Å². The van der Waals surface area contributed by atoms with Crippen molar-refractivity contribution in [2.24, 2.45) is 0 Å². The van der Waals surface area contributed by atoms with Crippen molar-refractivity contribution < 1.29 is 0 Å². The Kier molecular flexibility index (Phi) is 2.15. The molecule has 0 unspecified atom stereocenters. The lowest BCUT2D eigenvalue weighted by Gasteiger charge is -2.18. The van der Waals surface area contributed by atoms with Crippen molar-refractivity contribution in [2.75, 3.05) is 23.7 Å². The maximum atomic E-state index is 5.92. The summed E-state index contributed by atoms with van der Waals surface area (Å²) in [5, 5.41) is 0.629. The predicted molar refractivity (Wildman–Crippen MR) is 57.2 cm³/mol. The molecule has 0 atom stereocenters. The maximum Gasteiger partial charge on any atom is 0.0656 e. The molecule has 1 aromatic carbocycles. The van der Waals surface area contributed by atoms with Gasteiger partial charge in [0.15, 0.2) is 0 Å². The van der Waals surface area contributed by atoms with E-state index in [-0.39, 0.29) is 0 Å². The summed E-state index contributed by atoms with van der Waals surface area (Å²) in [5.41, 5.74) is 7.39. The normalized spacial score (nSPS) is 15.3. The standard InChI is InChI=1S/C10H11ClN2/c11-9-7-8(3-4-10(9)12)13-5-1-2-6-13/h1-4,7H,5-6,12H2. The van der Waals surface area contributed by atoms with Crippen molar-refractivity contribution in [2.45, 2.75) is 0 Å². The minimum Gasteiger partial charge on any atom is -0.398 e. The van der Waals surface area contributed by atoms with Gasteiger partial charge in [0.05, 0.1) is 10.7 Å². The van der Waals surface area contributed by atoms with Crippen LogP contribution in [0.5, 0.6) is 0 Å². The summed E-state index contributed by atoms with van der Waals surface area (Å²) in [5.74, 6) is 0. The Bertz CT molecular complexity index is 339. The van der Waals surface area contributed by atoms with E-state index in [4.69, 9.17) is 17.3 Å². The quantitative estimate of drug-likeness (QED) is 0.549. The van der Waals surface area contributed by atoms with Crippen LogP contribution in [0.3, 0.4) is 0 Å². The van der Waals surface area contributed by atoms with Crippen molar-refractivity contribution in [3.63, 3.8) is 0 Å². The van der Waals surface area contributed by atoms with E-state index in [9.17, 15) is 0 Å². The third kappa shape index (κ3) is 1.63. The first kappa shape index (κ1) is 8.45. The molecule has 1 aliphatic rings. The number of benzene rings is 1. The second kappa shape index (κ2) is 3.30. The van der Waals surface area contributed by atoms with Gasteiger partial charge in [-0.05, 0) is 18.2 Å². The van der Waals surface area contributed by atoms with Crippen LogP contribution in [0.2, 0.25) is 5.02 Å². The minimum absolute atomic E-state index is 0.629. The summed E-state index contributed by atoms with van der Waals surface area (Å²) in [7, 11) is 0. The van der Waals surface area contributed by atoms with Gasteiger partial charge in [0.2, 0.25) is 0 Å². The average molecular weight is 195 g/mol. The summed E-state index contributed by atoms with van der Waals surface area (Å²) in [6.45, 7) is 1.92. The first-order valence-electron chi connectivity index (χ1n) is 4.22. The van der Waals surface area contributed by atoms with E-state index in [0.717, 1.165) is 18.8 Å². The second-order valence-electron chi connectivity index (χ2n) is 3.08. The highest BCUT2D eigenvalue weighted by Crippen LogP contribution is 2.26. The van der Waals surface area contributed by atoms with Crippen molar-refractivity contribution >= 4 is 23.0 Å². The zero-order chi connectivity index (χ0) is 9.26. The van der Waals surface area contributed by atoms with E-state index in [2.05, 4.69) is 17.1 Å². The molecular weight excluding hydrogens is 184 g/mol. The van der Waals surface area contributed by atoms with Gasteiger partial charge in [-0.3, -0.25) is 0 Å². The van der Waals surface area contributed by atoms with Gasteiger partial charge in [0.25, 0.3) is 0 Å². The van der Waals surface area contributed by atoms with Gasteiger partial charge in [-0.15, -0.1) is 0 Å². The largest absolute Gasteiger partial charge is 0.398 e. The summed E-state index contributed by atoms with van der Waals surface area (Å²) in [6, 6.07) is 5.74. The molecule has 13 heavy (non-hydrogen) atoms. The Morgan fingerprint density at radius 1 is 1.23 bits per heavy atom. The summed E-state index contributed by atoms with van der Waals surface area (Å²) in [4.78, 5) is 2.23. The molecule has 0 aromatic heterocycles. The first-order valence-corrected chi connectivity index (χ1v) is 4.60. The van der Waals surface area contributed by atoms with Crippen LogP contribution in [-0.2, 0) is 0 Å². The molecule has 2 N–H and O–H groups in total. The Labute approximate surface area is 82.6 Å². The molecule has 0 saturated heterocycles. The van der Waals surface area contributed by atoms with Gasteiger partial charge in [0.1, 0.15) is 0 Å². The third-order valence-electron chi connectivity index (χ3n) is 2.17. The molecule has 0 aliphatic carbocycles. The summed E-state index contributed by atoms with van der Waals surface area (Å²) < 4.78 is 0. The fourth-order valence-corrected chi connectivity index (χ4v) is 1.58. The van der Waals surface area contributed by atoms with Crippen molar-refractivity contribution in [3.8, 4) is 0 Å². The number of hydrogen-bond acceptors (Lipinski definition) is 2. The fraction of sp³-hybridized carbons (Fsp3) is 0.200. The molecule has 0 fully saturated rings. The molecule has 1 aliphatic heterocycles. The molecule has 1 heterocycles. The van der Waals surface area contributed by atoms with E-state index in [0.29, 0.717) is 10.7 Å². The Balaban J connectivity index is 2.26. The molecular formula is C10H11ClN2. The molecule has 0 saturated carbocycles. The van der Waals surface area contributed by atoms with Gasteiger partial charge in [-0.1, -0.05) is 23.8 Å². The predicted octanol–water partition coefficient (Wildman–Crippen LogP) is 2.30. The molecule has 2 nitrogen and oxygen atoms in total. The molecule has 0 amide bonds. The Hall–Kier alpha value is -1.15. The molecule has 0 radical (unpaired) electrons. The second-order valence-corrected chi connectivity index (χ2v) is 3.49. The Morgan fingerprint density at radius 3 is 2.54 bits per heavy atom. The molecule has 3 heteroatoms. The molecule has 0 bridgehead atoms. The molecule has 2 rings (SSSR count). The number of anilines is 2. The number of rotatable bonds is 1. The van der Waals surface area contributed by atoms with Gasteiger partial charge in [-0.25, -0.2) is 0 Å². The van der Waals surface area contributed by atoms with Gasteiger partial charge < -0.3 is 10.6 Å². The maximum absolute atomic E-state index is 5.92. The topological polar surface area (TPSA) is 29.3 Å². The number of nitrogens with zero attached hydrogens (tertiary/aromatic N) is 1. The number of nitrogens with two attached hydrogens (primary N) is 1. The van der Waals surface area contributed by atoms with Crippen LogP contribution < -0.4 is 10.6 Å². The van der Waals surface area contributed by atoms with Crippen LogP contribution in [0.25, 0.3) is 0 Å². The van der Waals surface area contributed by atoms with Crippen molar-refractivity contribution in [1.82, 2.24) is 0 Å². The monoisotopic (exact) mass is 194 g/mol. The summed E-state index contributed by atoms with van der Waals surface area (Å²) in [6.07, 6.45) is 4.29. The molecule has 68 valence electrons. The molecule has 0 spiro atoms. The van der Waals surface area contributed by atoms with Crippen molar-refractivity contribution in [3.05, 3.63) is 35.4 Å². The molecule has 1 aromatic rings.